The van der Waals surface area contributed by atoms with E-state index in [0.29, 0.717) is 18.9 Å². The van der Waals surface area contributed by atoms with Gasteiger partial charge in [-0.25, -0.2) is 0 Å². The summed E-state index contributed by atoms with van der Waals surface area (Å²) in [5.74, 6) is 0.782. The Labute approximate surface area is 169 Å². The van der Waals surface area contributed by atoms with Crippen molar-refractivity contribution in [3.63, 3.8) is 0 Å². The third-order valence-electron chi connectivity index (χ3n) is 6.04. The Kier molecular flexibility index (Phi) is 7.90. The summed E-state index contributed by atoms with van der Waals surface area (Å²) in [6.07, 6.45) is 7.81. The number of likely N-dealkylation sites (tertiary alicyclic amines) is 1. The first-order chi connectivity index (χ1) is 13.6. The number of nitrogens with zero attached hydrogens (tertiary/aromatic N) is 1. The molecule has 0 aromatic heterocycles. The zero-order valence-electron chi connectivity index (χ0n) is 17.2. The second-order valence-electron chi connectivity index (χ2n) is 8.43. The van der Waals surface area contributed by atoms with E-state index < -0.39 is 0 Å². The quantitative estimate of drug-likeness (QED) is 0.677. The Balaban J connectivity index is 1.33. The van der Waals surface area contributed by atoms with Gasteiger partial charge in [0, 0.05) is 26.1 Å². The van der Waals surface area contributed by atoms with Crippen molar-refractivity contribution in [2.45, 2.75) is 64.3 Å². The van der Waals surface area contributed by atoms with Gasteiger partial charge in [0.25, 0.3) is 0 Å². The van der Waals surface area contributed by atoms with E-state index in [0.717, 1.165) is 64.6 Å². The summed E-state index contributed by atoms with van der Waals surface area (Å²) >= 11 is 0. The highest BCUT2D eigenvalue weighted by Gasteiger charge is 2.26. The second kappa shape index (κ2) is 10.6. The maximum absolute atomic E-state index is 12.6. The number of unbranched alkanes of at least 4 members (excludes halogenated alkanes) is 1. The number of amides is 2. The molecule has 2 fully saturated rings. The van der Waals surface area contributed by atoms with Gasteiger partial charge in [-0.3, -0.25) is 9.59 Å². The molecule has 2 aliphatic heterocycles. The Morgan fingerprint density at radius 1 is 1.14 bits per heavy atom. The zero-order valence-corrected chi connectivity index (χ0v) is 17.2. The predicted octanol–water partition coefficient (Wildman–Crippen LogP) is 2.81. The standard InChI is InChI=1S/C23H35N3O2/c1-18-10-12-19(13-11-18)6-2-3-9-22(27)26-15-5-7-20(17-26)16-25-23(28)21-8-4-14-24-21/h10-13,20-21,24H,2-9,14-17H2,1H3,(H,25,28). The third-order valence-corrected chi connectivity index (χ3v) is 6.04. The minimum absolute atomic E-state index is 0.0187. The molecule has 0 saturated carbocycles. The number of hydrogen-bond donors (Lipinski definition) is 2. The van der Waals surface area contributed by atoms with Crippen molar-refractivity contribution < 1.29 is 9.59 Å². The molecule has 2 saturated heterocycles. The van der Waals surface area contributed by atoms with Crippen molar-refractivity contribution in [2.24, 2.45) is 5.92 Å². The topological polar surface area (TPSA) is 61.4 Å². The van der Waals surface area contributed by atoms with Crippen LogP contribution in [0.25, 0.3) is 0 Å². The monoisotopic (exact) mass is 385 g/mol. The minimum atomic E-state index is -0.0187. The van der Waals surface area contributed by atoms with Gasteiger partial charge in [0.15, 0.2) is 0 Å². The molecule has 1 aromatic carbocycles. The van der Waals surface area contributed by atoms with E-state index in [1.165, 1.54) is 11.1 Å². The summed E-state index contributed by atoms with van der Waals surface area (Å²) in [5, 5.41) is 6.33. The van der Waals surface area contributed by atoms with Crippen LogP contribution in [0.4, 0.5) is 0 Å². The molecule has 0 bridgehead atoms. The number of piperidine rings is 1. The average Bonchev–Trinajstić information content (AvgIpc) is 3.26. The van der Waals surface area contributed by atoms with E-state index in [4.69, 9.17) is 0 Å². The van der Waals surface area contributed by atoms with E-state index in [-0.39, 0.29) is 17.9 Å². The molecule has 0 aliphatic carbocycles. The number of hydrogen-bond acceptors (Lipinski definition) is 3. The van der Waals surface area contributed by atoms with E-state index in [1.54, 1.807) is 0 Å². The first-order valence-corrected chi connectivity index (χ1v) is 11.0. The van der Waals surface area contributed by atoms with Crippen molar-refractivity contribution in [1.29, 1.82) is 0 Å². The van der Waals surface area contributed by atoms with Crippen molar-refractivity contribution in [3.8, 4) is 0 Å². The summed E-state index contributed by atoms with van der Waals surface area (Å²) in [6.45, 7) is 5.38. The predicted molar refractivity (Wildman–Crippen MR) is 112 cm³/mol. The molecule has 2 amide bonds. The molecule has 2 unspecified atom stereocenters. The van der Waals surface area contributed by atoms with Crippen LogP contribution in [-0.2, 0) is 16.0 Å². The summed E-state index contributed by atoms with van der Waals surface area (Å²) in [7, 11) is 0. The van der Waals surface area contributed by atoms with Gasteiger partial charge in [0.1, 0.15) is 0 Å². The third kappa shape index (κ3) is 6.33. The average molecular weight is 386 g/mol. The lowest BCUT2D eigenvalue weighted by molar-refractivity contribution is -0.133. The zero-order chi connectivity index (χ0) is 19.8. The van der Waals surface area contributed by atoms with Gasteiger partial charge in [-0.05, 0) is 69.9 Å². The molecular weight excluding hydrogens is 350 g/mol. The number of carbonyl (C=O) groups excluding carboxylic acids is 2. The van der Waals surface area contributed by atoms with Crippen molar-refractivity contribution >= 4 is 11.8 Å². The molecule has 5 heteroatoms. The van der Waals surface area contributed by atoms with Crippen molar-refractivity contribution in [3.05, 3.63) is 35.4 Å². The van der Waals surface area contributed by atoms with Gasteiger partial charge >= 0.3 is 0 Å². The maximum Gasteiger partial charge on any atom is 0.237 e. The number of rotatable bonds is 8. The molecule has 2 heterocycles. The number of nitrogens with one attached hydrogen (secondary N) is 2. The second-order valence-corrected chi connectivity index (χ2v) is 8.43. The van der Waals surface area contributed by atoms with Crippen molar-refractivity contribution in [2.75, 3.05) is 26.2 Å². The van der Waals surface area contributed by atoms with E-state index in [9.17, 15) is 9.59 Å². The number of aryl methyl sites for hydroxylation is 2. The fourth-order valence-corrected chi connectivity index (χ4v) is 4.25. The minimum Gasteiger partial charge on any atom is -0.354 e. The highest BCUT2D eigenvalue weighted by atomic mass is 16.2. The van der Waals surface area contributed by atoms with E-state index >= 15 is 0 Å². The van der Waals surface area contributed by atoms with Gasteiger partial charge in [-0.1, -0.05) is 29.8 Å². The van der Waals surface area contributed by atoms with Crippen LogP contribution in [0.2, 0.25) is 0 Å². The Morgan fingerprint density at radius 3 is 2.71 bits per heavy atom. The summed E-state index contributed by atoms with van der Waals surface area (Å²) < 4.78 is 0. The van der Waals surface area contributed by atoms with Crippen LogP contribution in [0.5, 0.6) is 0 Å². The number of benzene rings is 1. The Hall–Kier alpha value is -1.88. The lowest BCUT2D eigenvalue weighted by Crippen LogP contribution is -2.46. The molecule has 2 N–H and O–H groups in total. The van der Waals surface area contributed by atoms with Crippen LogP contribution >= 0.6 is 0 Å². The SMILES string of the molecule is Cc1ccc(CCCCC(=O)N2CCCC(CNC(=O)C3CCCN3)C2)cc1. The molecule has 2 atom stereocenters. The fraction of sp³-hybridized carbons (Fsp3) is 0.652. The molecule has 3 rings (SSSR count). The smallest absolute Gasteiger partial charge is 0.237 e. The fourth-order valence-electron chi connectivity index (χ4n) is 4.25. The first-order valence-electron chi connectivity index (χ1n) is 11.0. The van der Waals surface area contributed by atoms with Gasteiger partial charge in [0.2, 0.25) is 11.8 Å². The van der Waals surface area contributed by atoms with Gasteiger partial charge in [0.05, 0.1) is 6.04 Å². The Morgan fingerprint density at radius 2 is 1.96 bits per heavy atom. The Bertz CT molecular complexity index is 638. The molecule has 28 heavy (non-hydrogen) atoms. The maximum atomic E-state index is 12.6. The van der Waals surface area contributed by atoms with Crippen molar-refractivity contribution in [1.82, 2.24) is 15.5 Å². The van der Waals surface area contributed by atoms with Crippen LogP contribution in [0.3, 0.4) is 0 Å². The molecule has 154 valence electrons. The summed E-state index contributed by atoms with van der Waals surface area (Å²) in [4.78, 5) is 26.7. The van der Waals surface area contributed by atoms with E-state index in [1.807, 2.05) is 4.90 Å². The lowest BCUT2D eigenvalue weighted by Gasteiger charge is -2.33. The largest absolute Gasteiger partial charge is 0.354 e. The summed E-state index contributed by atoms with van der Waals surface area (Å²) in [5.41, 5.74) is 2.64. The van der Waals surface area contributed by atoms with Gasteiger partial charge in [-0.2, -0.15) is 0 Å². The lowest BCUT2D eigenvalue weighted by atomic mass is 9.97. The molecule has 0 radical (unpaired) electrons. The molecule has 2 aliphatic rings. The molecular formula is C23H35N3O2. The van der Waals surface area contributed by atoms with Crippen LogP contribution in [-0.4, -0.2) is 48.9 Å². The summed E-state index contributed by atoms with van der Waals surface area (Å²) in [6, 6.07) is 8.64. The van der Waals surface area contributed by atoms with E-state index in [2.05, 4.69) is 41.8 Å². The van der Waals surface area contributed by atoms with Crippen LogP contribution < -0.4 is 10.6 Å². The molecule has 0 spiro atoms. The highest BCUT2D eigenvalue weighted by Crippen LogP contribution is 2.18. The van der Waals surface area contributed by atoms with Crippen LogP contribution in [0.15, 0.2) is 24.3 Å². The molecule has 1 aromatic rings. The number of carbonyl (C=O) groups is 2. The molecule has 5 nitrogen and oxygen atoms in total. The first kappa shape index (κ1) is 20.8. The van der Waals surface area contributed by atoms with Crippen LogP contribution in [0, 0.1) is 12.8 Å². The van der Waals surface area contributed by atoms with Crippen LogP contribution in [0.1, 0.15) is 56.1 Å². The normalized spacial score (nSPS) is 22.2. The van der Waals surface area contributed by atoms with Gasteiger partial charge in [-0.15, -0.1) is 0 Å². The highest BCUT2D eigenvalue weighted by molar-refractivity contribution is 5.82. The van der Waals surface area contributed by atoms with Gasteiger partial charge < -0.3 is 15.5 Å².